The third-order valence-electron chi connectivity index (χ3n) is 8.02. The van der Waals surface area contributed by atoms with Crippen molar-refractivity contribution in [2.45, 2.75) is 25.8 Å². The van der Waals surface area contributed by atoms with E-state index in [1.54, 1.807) is 12.3 Å². The number of carbonyl (C=O) groups is 2. The molecule has 6 rings (SSSR count). The highest BCUT2D eigenvalue weighted by atomic mass is 32.1. The van der Waals surface area contributed by atoms with Crippen molar-refractivity contribution in [3.05, 3.63) is 162 Å². The molecule has 0 fully saturated rings. The van der Waals surface area contributed by atoms with Crippen LogP contribution in [0.2, 0.25) is 0 Å². The van der Waals surface area contributed by atoms with E-state index in [0.29, 0.717) is 28.9 Å². The van der Waals surface area contributed by atoms with E-state index in [1.165, 1.54) is 10.6 Å². The van der Waals surface area contributed by atoms with Gasteiger partial charge < -0.3 is 14.9 Å². The van der Waals surface area contributed by atoms with Gasteiger partial charge in [-0.25, -0.2) is 14.4 Å². The van der Waals surface area contributed by atoms with E-state index in [1.807, 2.05) is 97.9 Å². The maximum absolute atomic E-state index is 13.6. The first-order chi connectivity index (χ1) is 22.2. The van der Waals surface area contributed by atoms with E-state index >= 15 is 0 Å². The fourth-order valence-electron chi connectivity index (χ4n) is 6.04. The number of hydrogen-bond donors (Lipinski definition) is 2. The number of aromatic carboxylic acids is 1. The van der Waals surface area contributed by atoms with Gasteiger partial charge in [0.25, 0.3) is 0 Å². The summed E-state index contributed by atoms with van der Waals surface area (Å²) in [7, 11) is 0. The molecule has 1 aromatic heterocycles. The van der Waals surface area contributed by atoms with Crippen molar-refractivity contribution in [1.29, 1.82) is 0 Å². The quantitative estimate of drug-likeness (QED) is 0.170. The van der Waals surface area contributed by atoms with Gasteiger partial charge in [0.15, 0.2) is 0 Å². The number of hydrogen-bond acceptors (Lipinski definition) is 5. The second-order valence-corrected chi connectivity index (χ2v) is 11.4. The maximum atomic E-state index is 13.6. The third-order valence-corrected chi connectivity index (χ3v) is 8.44. The van der Waals surface area contributed by atoms with Crippen LogP contribution < -0.4 is 10.4 Å². The van der Waals surface area contributed by atoms with Crippen LogP contribution in [0.4, 0.5) is 4.79 Å². The molecule has 2 N–H and O–H groups in total. The lowest BCUT2D eigenvalue weighted by atomic mass is 9.83. The molecule has 0 radical (unpaired) electrons. The molecule has 4 aromatic carbocycles. The molecule has 0 amide bonds. The minimum atomic E-state index is -1.45. The molecule has 0 saturated carbocycles. The predicted molar refractivity (Wildman–Crippen MR) is 179 cm³/mol. The fraction of sp³-hybridized carbons (Fsp3) is 0.135. The van der Waals surface area contributed by atoms with E-state index in [4.69, 9.17) is 17.0 Å². The standard InChI is InChI=1S/C37H30N2O6S/c1-2-45-29-19-25(18-28(20-29)35(40)41)17-23-8-7-9-24(16-23)21-38-22-32(34(46)39(36(38)42)37(43)44)33-30-12-5-3-10-26(30)14-15-27-11-4-6-13-31(27)33/h3-16,18-20,22,33H,2,17,21H2,1H3,(H,40,41)(H,43,44). The zero-order chi connectivity index (χ0) is 32.4. The number of rotatable bonds is 8. The number of ether oxygens (including phenoxy) is 1. The SMILES string of the molecule is CCOc1cc(Cc2cccc(Cn3cc(C4c5ccccc5C=Cc5ccccc54)c(=S)n(C(=O)O)c3=O)c2)cc(C(=O)O)c1. The monoisotopic (exact) mass is 630 g/mol. The van der Waals surface area contributed by atoms with Crippen molar-refractivity contribution >= 4 is 36.4 Å². The molecule has 1 heterocycles. The van der Waals surface area contributed by atoms with Crippen molar-refractivity contribution in [2.75, 3.05) is 6.61 Å². The average Bonchev–Trinajstić information content (AvgIpc) is 3.20. The zero-order valence-electron chi connectivity index (χ0n) is 24.9. The Balaban J connectivity index is 1.43. The number of fused-ring (bicyclic) bond motifs is 2. The fourth-order valence-corrected chi connectivity index (χ4v) is 6.37. The molecule has 5 aromatic rings. The topological polar surface area (TPSA) is 111 Å². The predicted octanol–water partition coefficient (Wildman–Crippen LogP) is 7.31. The Morgan fingerprint density at radius 2 is 1.46 bits per heavy atom. The Morgan fingerprint density at radius 1 is 0.804 bits per heavy atom. The van der Waals surface area contributed by atoms with Crippen molar-refractivity contribution in [3.8, 4) is 5.75 Å². The smallest absolute Gasteiger partial charge is 0.420 e. The van der Waals surface area contributed by atoms with Gasteiger partial charge in [-0.3, -0.25) is 4.57 Å². The van der Waals surface area contributed by atoms with Gasteiger partial charge in [-0.05, 0) is 70.5 Å². The number of carboxylic acids is 1. The second-order valence-electron chi connectivity index (χ2n) is 11.0. The minimum absolute atomic E-state index is 0.0533. The van der Waals surface area contributed by atoms with Crippen LogP contribution >= 0.6 is 12.2 Å². The summed E-state index contributed by atoms with van der Waals surface area (Å²) in [5, 5.41) is 19.7. The summed E-state index contributed by atoms with van der Waals surface area (Å²) in [5.41, 5.74) is 6.19. The summed E-state index contributed by atoms with van der Waals surface area (Å²) in [5.74, 6) is -0.982. The third kappa shape index (κ3) is 6.05. The molecule has 1 aliphatic carbocycles. The van der Waals surface area contributed by atoms with E-state index in [9.17, 15) is 24.6 Å². The van der Waals surface area contributed by atoms with Crippen molar-refractivity contribution < 1.29 is 24.5 Å². The molecule has 0 unspecified atom stereocenters. The van der Waals surface area contributed by atoms with Crippen LogP contribution in [0.25, 0.3) is 12.2 Å². The number of aromatic nitrogens is 2. The van der Waals surface area contributed by atoms with Crippen LogP contribution in [0.15, 0.2) is 102 Å². The highest BCUT2D eigenvalue weighted by Gasteiger charge is 2.27. The molecule has 230 valence electrons. The average molecular weight is 631 g/mol. The largest absolute Gasteiger partial charge is 0.494 e. The van der Waals surface area contributed by atoms with Crippen molar-refractivity contribution in [3.63, 3.8) is 0 Å². The molecule has 0 saturated heterocycles. The van der Waals surface area contributed by atoms with Crippen LogP contribution in [0, 0.1) is 4.64 Å². The Hall–Kier alpha value is -5.54. The molecule has 0 bridgehead atoms. The highest BCUT2D eigenvalue weighted by molar-refractivity contribution is 7.71. The summed E-state index contributed by atoms with van der Waals surface area (Å²) in [6.07, 6.45) is 4.74. The van der Waals surface area contributed by atoms with Crippen LogP contribution in [-0.2, 0) is 13.0 Å². The molecule has 1 aliphatic rings. The summed E-state index contributed by atoms with van der Waals surface area (Å²) >= 11 is 5.71. The maximum Gasteiger partial charge on any atom is 0.420 e. The summed E-state index contributed by atoms with van der Waals surface area (Å²) < 4.78 is 7.56. The van der Waals surface area contributed by atoms with Gasteiger partial charge in [0.2, 0.25) is 0 Å². The molecule has 9 heteroatoms. The van der Waals surface area contributed by atoms with E-state index in [2.05, 4.69) is 0 Å². The van der Waals surface area contributed by atoms with Crippen LogP contribution in [0.1, 0.15) is 67.7 Å². The van der Waals surface area contributed by atoms with E-state index in [-0.39, 0.29) is 16.7 Å². The molecule has 8 nitrogen and oxygen atoms in total. The minimum Gasteiger partial charge on any atom is -0.494 e. The van der Waals surface area contributed by atoms with Gasteiger partial charge in [-0.15, -0.1) is 0 Å². The lowest BCUT2D eigenvalue weighted by Crippen LogP contribution is -2.36. The van der Waals surface area contributed by atoms with Gasteiger partial charge in [0, 0.05) is 17.7 Å². The summed E-state index contributed by atoms with van der Waals surface area (Å²) in [6.45, 7) is 2.33. The Labute approximate surface area is 270 Å². The van der Waals surface area contributed by atoms with E-state index in [0.717, 1.165) is 38.9 Å². The normalized spacial score (nSPS) is 12.2. The lowest BCUT2D eigenvalue weighted by Gasteiger charge is -2.23. The number of benzene rings is 4. The van der Waals surface area contributed by atoms with Gasteiger partial charge in [-0.2, -0.15) is 4.57 Å². The van der Waals surface area contributed by atoms with Crippen LogP contribution in [0.5, 0.6) is 5.75 Å². The molecule has 0 atom stereocenters. The zero-order valence-corrected chi connectivity index (χ0v) is 25.7. The lowest BCUT2D eigenvalue weighted by molar-refractivity contribution is 0.0696. The first-order valence-corrected chi connectivity index (χ1v) is 15.2. The Bertz CT molecular complexity index is 2100. The highest BCUT2D eigenvalue weighted by Crippen LogP contribution is 2.39. The summed E-state index contributed by atoms with van der Waals surface area (Å²) in [4.78, 5) is 37.8. The summed E-state index contributed by atoms with van der Waals surface area (Å²) in [6, 6.07) is 28.3. The molecular formula is C37H30N2O6S. The van der Waals surface area contributed by atoms with Gasteiger partial charge in [0.05, 0.1) is 18.7 Å². The second kappa shape index (κ2) is 12.8. The van der Waals surface area contributed by atoms with Gasteiger partial charge in [-0.1, -0.05) is 97.2 Å². The van der Waals surface area contributed by atoms with Crippen molar-refractivity contribution in [2.24, 2.45) is 0 Å². The molecule has 0 aliphatic heterocycles. The van der Waals surface area contributed by atoms with Crippen LogP contribution in [-0.4, -0.2) is 38.0 Å². The molecule has 46 heavy (non-hydrogen) atoms. The van der Waals surface area contributed by atoms with E-state index < -0.39 is 23.7 Å². The van der Waals surface area contributed by atoms with Gasteiger partial charge in [0.1, 0.15) is 10.4 Å². The van der Waals surface area contributed by atoms with Gasteiger partial charge >= 0.3 is 17.8 Å². The first kappa shape index (κ1) is 30.5. The Kier molecular flexibility index (Phi) is 8.50. The Morgan fingerprint density at radius 3 is 2.09 bits per heavy atom. The first-order valence-electron chi connectivity index (χ1n) is 14.8. The molecule has 0 spiro atoms. The molecular weight excluding hydrogens is 600 g/mol. The van der Waals surface area contributed by atoms with Crippen LogP contribution in [0.3, 0.4) is 0 Å². The van der Waals surface area contributed by atoms with Crippen molar-refractivity contribution in [1.82, 2.24) is 9.13 Å². The number of nitrogens with zero attached hydrogens (tertiary/aromatic N) is 2. The number of carboxylic acid groups (broad SMARTS) is 2.